The first-order valence-corrected chi connectivity index (χ1v) is 7.87. The monoisotopic (exact) mass is 299 g/mol. The molecule has 0 atom stereocenters. The van der Waals surface area contributed by atoms with Crippen LogP contribution in [-0.4, -0.2) is 24.5 Å². The largest absolute Gasteiger partial charge is 0.326 e. The SMILES string of the molecule is CS(=O)(=O)c1cnn(Cc2ccc(CN)cc2Cl)c1. The zero-order chi connectivity index (χ0) is 14.0. The van der Waals surface area contributed by atoms with Gasteiger partial charge in [0.05, 0.1) is 12.7 Å². The Labute approximate surface area is 116 Å². The van der Waals surface area contributed by atoms with E-state index in [4.69, 9.17) is 17.3 Å². The molecule has 0 bridgehead atoms. The van der Waals surface area contributed by atoms with E-state index < -0.39 is 9.84 Å². The fourth-order valence-electron chi connectivity index (χ4n) is 1.64. The number of benzene rings is 1. The number of aromatic nitrogens is 2. The van der Waals surface area contributed by atoms with Gasteiger partial charge in [0.1, 0.15) is 4.90 Å². The van der Waals surface area contributed by atoms with Crippen LogP contribution in [0.3, 0.4) is 0 Å². The number of nitrogens with zero attached hydrogens (tertiary/aromatic N) is 2. The van der Waals surface area contributed by atoms with Gasteiger partial charge in [-0.25, -0.2) is 8.42 Å². The summed E-state index contributed by atoms with van der Waals surface area (Å²) in [6.07, 6.45) is 3.97. The highest BCUT2D eigenvalue weighted by Gasteiger charge is 2.10. The minimum Gasteiger partial charge on any atom is -0.326 e. The number of rotatable bonds is 4. The Morgan fingerprint density at radius 3 is 2.68 bits per heavy atom. The van der Waals surface area contributed by atoms with Crippen LogP contribution in [0, 0.1) is 0 Å². The lowest BCUT2D eigenvalue weighted by atomic mass is 10.1. The zero-order valence-electron chi connectivity index (χ0n) is 10.4. The average Bonchev–Trinajstić information content (AvgIpc) is 2.80. The third-order valence-corrected chi connectivity index (χ3v) is 4.14. The molecule has 0 aliphatic rings. The van der Waals surface area contributed by atoms with Crippen LogP contribution in [-0.2, 0) is 22.9 Å². The highest BCUT2D eigenvalue weighted by Crippen LogP contribution is 2.19. The second-order valence-corrected chi connectivity index (χ2v) is 6.70. The van der Waals surface area contributed by atoms with E-state index in [0.29, 0.717) is 18.1 Å². The molecule has 2 aromatic rings. The van der Waals surface area contributed by atoms with Crippen LogP contribution < -0.4 is 5.73 Å². The summed E-state index contributed by atoms with van der Waals surface area (Å²) in [5.41, 5.74) is 7.34. The number of nitrogens with two attached hydrogens (primary N) is 1. The van der Waals surface area contributed by atoms with E-state index in [1.165, 1.54) is 12.4 Å². The fraction of sp³-hybridized carbons (Fsp3) is 0.250. The van der Waals surface area contributed by atoms with Gasteiger partial charge in [0.15, 0.2) is 9.84 Å². The lowest BCUT2D eigenvalue weighted by Gasteiger charge is -2.06. The molecular formula is C12H14ClN3O2S. The first kappa shape index (κ1) is 14.0. The minimum atomic E-state index is -3.23. The van der Waals surface area contributed by atoms with Crippen molar-refractivity contribution in [3.05, 3.63) is 46.7 Å². The molecule has 0 unspecified atom stereocenters. The molecule has 5 nitrogen and oxygen atoms in total. The summed E-state index contributed by atoms with van der Waals surface area (Å²) in [7, 11) is -3.23. The summed E-state index contributed by atoms with van der Waals surface area (Å²) in [5.74, 6) is 0. The van der Waals surface area contributed by atoms with Crippen molar-refractivity contribution >= 4 is 21.4 Å². The number of hydrogen-bond acceptors (Lipinski definition) is 4. The Morgan fingerprint density at radius 1 is 1.42 bits per heavy atom. The molecule has 0 aliphatic heterocycles. The quantitative estimate of drug-likeness (QED) is 0.927. The second kappa shape index (κ2) is 5.32. The molecule has 1 aromatic heterocycles. The molecule has 2 rings (SSSR count). The summed E-state index contributed by atoms with van der Waals surface area (Å²) in [6, 6.07) is 5.56. The molecule has 0 aliphatic carbocycles. The molecule has 0 amide bonds. The molecule has 2 N–H and O–H groups in total. The number of sulfone groups is 1. The molecule has 7 heteroatoms. The van der Waals surface area contributed by atoms with Crippen molar-refractivity contribution in [3.63, 3.8) is 0 Å². The van der Waals surface area contributed by atoms with Gasteiger partial charge in [-0.1, -0.05) is 23.7 Å². The standard InChI is InChI=1S/C12H14ClN3O2S/c1-19(17,18)11-6-15-16(8-11)7-10-3-2-9(5-14)4-12(10)13/h2-4,6,8H,5,7,14H2,1H3. The maximum atomic E-state index is 11.4. The van der Waals surface area contributed by atoms with Crippen molar-refractivity contribution in [3.8, 4) is 0 Å². The van der Waals surface area contributed by atoms with Crippen molar-refractivity contribution in [2.75, 3.05) is 6.26 Å². The Balaban J connectivity index is 2.24. The van der Waals surface area contributed by atoms with E-state index in [-0.39, 0.29) is 4.90 Å². The van der Waals surface area contributed by atoms with Crippen LogP contribution in [0.5, 0.6) is 0 Å². The predicted molar refractivity (Wildman–Crippen MR) is 73.8 cm³/mol. The Morgan fingerprint density at radius 2 is 2.16 bits per heavy atom. The lowest BCUT2D eigenvalue weighted by Crippen LogP contribution is -2.02. The van der Waals surface area contributed by atoms with Gasteiger partial charge in [-0.05, 0) is 17.2 Å². The Bertz CT molecular complexity index is 695. The molecular weight excluding hydrogens is 286 g/mol. The van der Waals surface area contributed by atoms with Gasteiger partial charge in [0.2, 0.25) is 0 Å². The molecule has 0 spiro atoms. The molecule has 102 valence electrons. The van der Waals surface area contributed by atoms with Crippen LogP contribution in [0.1, 0.15) is 11.1 Å². The lowest BCUT2D eigenvalue weighted by molar-refractivity contribution is 0.601. The molecule has 1 aromatic carbocycles. The normalized spacial score (nSPS) is 11.7. The Kier molecular flexibility index (Phi) is 3.93. The van der Waals surface area contributed by atoms with Crippen molar-refractivity contribution in [1.82, 2.24) is 9.78 Å². The summed E-state index contributed by atoms with van der Waals surface area (Å²) in [4.78, 5) is 0.196. The predicted octanol–water partition coefficient (Wildman–Crippen LogP) is 1.45. The van der Waals surface area contributed by atoms with Gasteiger partial charge in [0, 0.05) is 24.0 Å². The first-order valence-electron chi connectivity index (χ1n) is 5.60. The van der Waals surface area contributed by atoms with Gasteiger partial charge in [-0.2, -0.15) is 5.10 Å². The van der Waals surface area contributed by atoms with E-state index in [2.05, 4.69) is 5.10 Å². The second-order valence-electron chi connectivity index (χ2n) is 4.28. The third kappa shape index (κ3) is 3.34. The summed E-state index contributed by atoms with van der Waals surface area (Å²) >= 11 is 6.14. The molecule has 0 saturated carbocycles. The van der Waals surface area contributed by atoms with Crippen LogP contribution in [0.15, 0.2) is 35.5 Å². The molecule has 0 fully saturated rings. The van der Waals surface area contributed by atoms with Crippen molar-refractivity contribution in [2.45, 2.75) is 18.0 Å². The summed E-state index contributed by atoms with van der Waals surface area (Å²) in [6.45, 7) is 0.846. The topological polar surface area (TPSA) is 78.0 Å². The van der Waals surface area contributed by atoms with Crippen LogP contribution in [0.4, 0.5) is 0 Å². The van der Waals surface area contributed by atoms with Crippen molar-refractivity contribution in [2.24, 2.45) is 5.73 Å². The van der Waals surface area contributed by atoms with E-state index in [1.807, 2.05) is 12.1 Å². The van der Waals surface area contributed by atoms with E-state index in [0.717, 1.165) is 17.4 Å². The van der Waals surface area contributed by atoms with Gasteiger partial charge in [0.25, 0.3) is 0 Å². The molecule has 1 heterocycles. The van der Waals surface area contributed by atoms with Crippen LogP contribution in [0.2, 0.25) is 5.02 Å². The first-order chi connectivity index (χ1) is 8.90. The molecule has 0 saturated heterocycles. The fourth-order valence-corrected chi connectivity index (χ4v) is 2.46. The van der Waals surface area contributed by atoms with Gasteiger partial charge < -0.3 is 5.73 Å². The maximum Gasteiger partial charge on any atom is 0.178 e. The number of hydrogen-bond donors (Lipinski definition) is 1. The highest BCUT2D eigenvalue weighted by atomic mass is 35.5. The van der Waals surface area contributed by atoms with Gasteiger partial charge in [-0.3, -0.25) is 4.68 Å². The molecule has 0 radical (unpaired) electrons. The van der Waals surface area contributed by atoms with Crippen LogP contribution >= 0.6 is 11.6 Å². The van der Waals surface area contributed by atoms with Crippen molar-refractivity contribution < 1.29 is 8.42 Å². The van der Waals surface area contributed by atoms with E-state index in [1.54, 1.807) is 10.7 Å². The smallest absolute Gasteiger partial charge is 0.178 e. The molecule has 19 heavy (non-hydrogen) atoms. The number of halogens is 1. The summed E-state index contributed by atoms with van der Waals surface area (Å²) < 4.78 is 24.3. The third-order valence-electron chi connectivity index (χ3n) is 2.72. The highest BCUT2D eigenvalue weighted by molar-refractivity contribution is 7.90. The Hall–Kier alpha value is -1.37. The van der Waals surface area contributed by atoms with Crippen LogP contribution in [0.25, 0.3) is 0 Å². The van der Waals surface area contributed by atoms with Gasteiger partial charge in [-0.15, -0.1) is 0 Å². The minimum absolute atomic E-state index is 0.196. The van der Waals surface area contributed by atoms with E-state index >= 15 is 0 Å². The zero-order valence-corrected chi connectivity index (χ0v) is 11.9. The van der Waals surface area contributed by atoms with Crippen molar-refractivity contribution in [1.29, 1.82) is 0 Å². The van der Waals surface area contributed by atoms with E-state index in [9.17, 15) is 8.42 Å². The maximum absolute atomic E-state index is 11.4. The average molecular weight is 300 g/mol. The van der Waals surface area contributed by atoms with Gasteiger partial charge >= 0.3 is 0 Å². The summed E-state index contributed by atoms with van der Waals surface area (Å²) in [5, 5.41) is 4.61.